The van der Waals surface area contributed by atoms with E-state index in [1.807, 2.05) is 35.8 Å². The van der Waals surface area contributed by atoms with E-state index in [9.17, 15) is 9.36 Å². The second-order valence-electron chi connectivity index (χ2n) is 9.50. The zero-order valence-corrected chi connectivity index (χ0v) is 24.1. The van der Waals surface area contributed by atoms with Crippen molar-refractivity contribution in [3.05, 3.63) is 54.5 Å². The van der Waals surface area contributed by atoms with Crippen molar-refractivity contribution < 1.29 is 27.9 Å². The normalized spacial score (nSPS) is 14.8. The lowest BCUT2D eigenvalue weighted by Crippen LogP contribution is -2.37. The predicted octanol–water partition coefficient (Wildman–Crippen LogP) is 4.62. The van der Waals surface area contributed by atoms with Crippen molar-refractivity contribution in [3.63, 3.8) is 0 Å². The smallest absolute Gasteiger partial charge is 0.461 e. The highest BCUT2D eigenvalue weighted by molar-refractivity contribution is 7.52. The summed E-state index contributed by atoms with van der Waals surface area (Å²) in [6.07, 6.45) is 0.463. The number of esters is 1. The number of nitrogen functional groups attached to an aromatic ring is 1. The molecule has 0 aliphatic carbocycles. The number of imidazole rings is 1. The van der Waals surface area contributed by atoms with Gasteiger partial charge in [0.25, 0.3) is 0 Å². The van der Waals surface area contributed by atoms with Gasteiger partial charge >= 0.3 is 13.7 Å². The van der Waals surface area contributed by atoms with Gasteiger partial charge in [-0.1, -0.05) is 24.3 Å². The maximum atomic E-state index is 14.0. The summed E-state index contributed by atoms with van der Waals surface area (Å²) >= 11 is 0. The summed E-state index contributed by atoms with van der Waals surface area (Å²) in [6.45, 7) is 9.56. The Hall–Kier alpha value is -3.57. The van der Waals surface area contributed by atoms with Crippen LogP contribution in [0.2, 0.25) is 0 Å². The summed E-state index contributed by atoms with van der Waals surface area (Å²) in [6, 6.07) is 11.6. The Kier molecular flexibility index (Phi) is 9.36. The molecule has 40 heavy (non-hydrogen) atoms. The van der Waals surface area contributed by atoms with Gasteiger partial charge in [-0.3, -0.25) is 9.32 Å². The van der Waals surface area contributed by atoms with Crippen LogP contribution in [-0.2, 0) is 36.5 Å². The van der Waals surface area contributed by atoms with Crippen LogP contribution < -0.4 is 15.3 Å². The Morgan fingerprint density at radius 1 is 1.10 bits per heavy atom. The van der Waals surface area contributed by atoms with Crippen LogP contribution in [0.25, 0.3) is 21.9 Å². The van der Waals surface area contributed by atoms with Gasteiger partial charge in [-0.05, 0) is 46.8 Å². The van der Waals surface area contributed by atoms with Crippen LogP contribution in [0.15, 0.2) is 48.7 Å². The Balaban J connectivity index is 1.68. The van der Waals surface area contributed by atoms with Crippen molar-refractivity contribution in [2.45, 2.75) is 66.0 Å². The minimum Gasteiger partial charge on any atom is -0.462 e. The number of nitrogens with two attached hydrogens (primary N) is 1. The summed E-state index contributed by atoms with van der Waals surface area (Å²) in [5.41, 5.74) is 8.30. The van der Waals surface area contributed by atoms with Crippen LogP contribution in [0, 0.1) is 0 Å². The standard InChI is InChI=1S/C27H35N6O6P/c1-6-36-16-22-31-24-25(20-11-7-8-12-21(20)30-26(24)28)33(22)15-18(4)38-40(35,39-23-13-9-10-14-29-23)32-19(5)27(34)37-17(2)3/h7-14,17-19H,6,15-16H2,1-5H3,(H2,28,30)(H,32,35)/t18-,19+,40+/m1/s1. The lowest BCUT2D eigenvalue weighted by molar-refractivity contribution is -0.149. The molecule has 0 aliphatic rings. The molecule has 0 aliphatic heterocycles. The average molecular weight is 571 g/mol. The monoisotopic (exact) mass is 570 g/mol. The van der Waals surface area contributed by atoms with Gasteiger partial charge < -0.3 is 24.3 Å². The fourth-order valence-corrected chi connectivity index (χ4v) is 5.79. The van der Waals surface area contributed by atoms with E-state index in [1.54, 1.807) is 39.0 Å². The molecule has 3 N–H and O–H groups in total. The van der Waals surface area contributed by atoms with Gasteiger partial charge in [-0.2, -0.15) is 5.09 Å². The van der Waals surface area contributed by atoms with Gasteiger partial charge in [0.2, 0.25) is 5.88 Å². The van der Waals surface area contributed by atoms with E-state index < -0.39 is 25.9 Å². The Labute approximate surface area is 232 Å². The van der Waals surface area contributed by atoms with Gasteiger partial charge in [-0.25, -0.2) is 19.5 Å². The third-order valence-corrected chi connectivity index (χ3v) is 7.56. The van der Waals surface area contributed by atoms with E-state index in [0.29, 0.717) is 29.3 Å². The summed E-state index contributed by atoms with van der Waals surface area (Å²) in [4.78, 5) is 25.8. The maximum Gasteiger partial charge on any atom is 0.461 e. The molecule has 0 spiro atoms. The number of aromatic nitrogens is 4. The van der Waals surface area contributed by atoms with Gasteiger partial charge in [0.1, 0.15) is 24.0 Å². The second-order valence-corrected chi connectivity index (χ2v) is 11.1. The molecule has 3 atom stereocenters. The Morgan fingerprint density at radius 3 is 2.55 bits per heavy atom. The highest BCUT2D eigenvalue weighted by Gasteiger charge is 2.35. The highest BCUT2D eigenvalue weighted by Crippen LogP contribution is 2.46. The molecular weight excluding hydrogens is 535 g/mol. The van der Waals surface area contributed by atoms with Crippen molar-refractivity contribution >= 4 is 41.5 Å². The van der Waals surface area contributed by atoms with Crippen LogP contribution in [-0.4, -0.2) is 50.3 Å². The molecule has 4 rings (SSSR count). The number of hydrogen-bond acceptors (Lipinski definition) is 10. The first-order valence-electron chi connectivity index (χ1n) is 13.1. The minimum atomic E-state index is -4.14. The number of pyridine rings is 2. The molecule has 0 unspecified atom stereocenters. The molecule has 0 radical (unpaired) electrons. The molecule has 12 nitrogen and oxygen atoms in total. The molecular formula is C27H35N6O6P. The average Bonchev–Trinajstić information content (AvgIpc) is 3.26. The molecule has 13 heteroatoms. The fourth-order valence-electron chi connectivity index (χ4n) is 4.16. The maximum absolute atomic E-state index is 14.0. The molecule has 3 aromatic heterocycles. The number of benzene rings is 1. The number of ether oxygens (including phenoxy) is 2. The third kappa shape index (κ3) is 6.95. The number of anilines is 1. The van der Waals surface area contributed by atoms with Gasteiger partial charge in [0, 0.05) is 24.3 Å². The zero-order chi connectivity index (χ0) is 28.9. The fraction of sp³-hybridized carbons (Fsp3) is 0.407. The van der Waals surface area contributed by atoms with Crippen molar-refractivity contribution in [1.82, 2.24) is 24.6 Å². The first kappa shape index (κ1) is 29.4. The van der Waals surface area contributed by atoms with E-state index in [0.717, 1.165) is 10.9 Å². The SMILES string of the molecule is CCOCc1nc2c(N)nc3ccccc3c2n1C[C@@H](C)O[P@@](=O)(N[C@@H](C)C(=O)OC(C)C)Oc1ccccn1. The molecule has 0 bridgehead atoms. The number of carbonyl (C=O) groups excluding carboxylic acids is 1. The van der Waals surface area contributed by atoms with Crippen molar-refractivity contribution in [3.8, 4) is 5.88 Å². The van der Waals surface area contributed by atoms with E-state index in [4.69, 9.17) is 29.2 Å². The molecule has 3 heterocycles. The van der Waals surface area contributed by atoms with E-state index >= 15 is 0 Å². The second kappa shape index (κ2) is 12.7. The quantitative estimate of drug-likeness (QED) is 0.171. The number of para-hydroxylation sites is 1. The molecule has 0 saturated heterocycles. The highest BCUT2D eigenvalue weighted by atomic mass is 31.2. The van der Waals surface area contributed by atoms with Crippen LogP contribution in [0.3, 0.4) is 0 Å². The number of nitrogens with one attached hydrogen (secondary N) is 1. The molecule has 0 fully saturated rings. The number of hydrogen-bond donors (Lipinski definition) is 2. The summed E-state index contributed by atoms with van der Waals surface area (Å²) in [7, 11) is -4.14. The summed E-state index contributed by atoms with van der Waals surface area (Å²) < 4.78 is 38.6. The molecule has 1 aromatic carbocycles. The van der Waals surface area contributed by atoms with Gasteiger partial charge in [0.05, 0.1) is 29.8 Å². The van der Waals surface area contributed by atoms with Crippen molar-refractivity contribution in [2.24, 2.45) is 0 Å². The van der Waals surface area contributed by atoms with Gasteiger partial charge in [-0.15, -0.1) is 0 Å². The summed E-state index contributed by atoms with van der Waals surface area (Å²) in [5, 5.41) is 3.55. The summed E-state index contributed by atoms with van der Waals surface area (Å²) in [5.74, 6) is 0.386. The lowest BCUT2D eigenvalue weighted by atomic mass is 10.2. The molecule has 0 amide bonds. The van der Waals surface area contributed by atoms with E-state index in [1.165, 1.54) is 13.1 Å². The number of rotatable bonds is 13. The zero-order valence-electron chi connectivity index (χ0n) is 23.2. The number of carbonyl (C=O) groups is 1. The van der Waals surface area contributed by atoms with E-state index in [-0.39, 0.29) is 25.1 Å². The minimum absolute atomic E-state index is 0.0740. The van der Waals surface area contributed by atoms with Crippen molar-refractivity contribution in [2.75, 3.05) is 12.3 Å². The Morgan fingerprint density at radius 2 is 1.85 bits per heavy atom. The molecule has 214 valence electrons. The van der Waals surface area contributed by atoms with E-state index in [2.05, 4.69) is 15.1 Å². The first-order valence-corrected chi connectivity index (χ1v) is 14.6. The first-order chi connectivity index (χ1) is 19.1. The third-order valence-electron chi connectivity index (χ3n) is 5.79. The van der Waals surface area contributed by atoms with Crippen LogP contribution in [0.1, 0.15) is 40.4 Å². The topological polar surface area (TPSA) is 153 Å². The number of nitrogens with zero attached hydrogens (tertiary/aromatic N) is 4. The number of fused-ring (bicyclic) bond motifs is 3. The molecule has 4 aromatic rings. The lowest BCUT2D eigenvalue weighted by Gasteiger charge is -2.26. The largest absolute Gasteiger partial charge is 0.462 e. The van der Waals surface area contributed by atoms with Crippen LogP contribution >= 0.6 is 7.75 Å². The van der Waals surface area contributed by atoms with Gasteiger partial charge in [0.15, 0.2) is 5.82 Å². The molecule has 0 saturated carbocycles. The van der Waals surface area contributed by atoms with Crippen LogP contribution in [0.4, 0.5) is 5.82 Å². The van der Waals surface area contributed by atoms with Crippen LogP contribution in [0.5, 0.6) is 5.88 Å². The Bertz CT molecular complexity index is 1510. The predicted molar refractivity (Wildman–Crippen MR) is 152 cm³/mol. The van der Waals surface area contributed by atoms with Crippen molar-refractivity contribution in [1.29, 1.82) is 0 Å².